The summed E-state index contributed by atoms with van der Waals surface area (Å²) in [6, 6.07) is 11.2. The lowest BCUT2D eigenvalue weighted by Gasteiger charge is -2.11. The van der Waals surface area contributed by atoms with E-state index in [1.54, 1.807) is 6.07 Å². The summed E-state index contributed by atoms with van der Waals surface area (Å²) in [5.74, 6) is 0. The first-order valence-corrected chi connectivity index (χ1v) is 6.51. The topological polar surface area (TPSA) is 73.2 Å². The Morgan fingerprint density at radius 3 is 2.65 bits per heavy atom. The molecule has 6 heteroatoms. The molecule has 3 N–H and O–H groups in total. The first-order valence-electron chi connectivity index (χ1n) is 4.83. The lowest BCUT2D eigenvalue weighted by atomic mass is 10.0. The number of fused-ring (bicyclic) bond motifs is 1. The number of nitrogens with one attached hydrogen (secondary N) is 2. The van der Waals surface area contributed by atoms with Gasteiger partial charge in [-0.2, -0.15) is 0 Å². The molecule has 0 heterocycles. The highest BCUT2D eigenvalue weighted by Crippen LogP contribution is 2.28. The van der Waals surface area contributed by atoms with E-state index < -0.39 is 11.3 Å². The lowest BCUT2D eigenvalue weighted by molar-refractivity contribution is 0.570. The van der Waals surface area contributed by atoms with Gasteiger partial charge >= 0.3 is 0 Å². The molecule has 2 aromatic carbocycles. The highest BCUT2D eigenvalue weighted by atomic mass is 32.2. The zero-order valence-corrected chi connectivity index (χ0v) is 10.8. The van der Waals surface area contributed by atoms with Gasteiger partial charge in [0.25, 0.3) is 11.3 Å². The largest absolute Gasteiger partial charge is 0.300 e. The molecule has 0 aromatic heterocycles. The minimum atomic E-state index is -2.14. The van der Waals surface area contributed by atoms with E-state index in [4.69, 9.17) is 9.96 Å². The van der Waals surface area contributed by atoms with Crippen LogP contribution in [0.5, 0.6) is 0 Å². The normalized spacial score (nSPS) is 12.4. The molecule has 0 spiro atoms. The Bertz CT molecular complexity index is 615. The molecule has 88 valence electrons. The van der Waals surface area contributed by atoms with Gasteiger partial charge in [-0.1, -0.05) is 39.6 Å². The molecule has 4 nitrogen and oxygen atoms in total. The minimum Gasteiger partial charge on any atom is -0.300 e. The van der Waals surface area contributed by atoms with E-state index in [1.807, 2.05) is 30.3 Å². The van der Waals surface area contributed by atoms with Crippen LogP contribution in [0.25, 0.3) is 10.8 Å². The van der Waals surface area contributed by atoms with Crippen LogP contribution in [-0.2, 0) is 11.3 Å². The summed E-state index contributed by atoms with van der Waals surface area (Å²) in [6.07, 6.45) is 0. The maximum Gasteiger partial charge on any atom is 0.259 e. The second kappa shape index (κ2) is 4.92. The van der Waals surface area contributed by atoms with E-state index in [-0.39, 0.29) is 5.45 Å². The Hall–Kier alpha value is -1.29. The molecular weight excluding hydrogens is 255 g/mol. The van der Waals surface area contributed by atoms with Gasteiger partial charge in [0.05, 0.1) is 11.1 Å². The molecule has 17 heavy (non-hydrogen) atoms. The van der Waals surface area contributed by atoms with Crippen molar-refractivity contribution < 1.29 is 8.76 Å². The highest BCUT2D eigenvalue weighted by molar-refractivity contribution is 7.80. The summed E-state index contributed by atoms with van der Waals surface area (Å²) in [4.78, 5) is 0. The van der Waals surface area contributed by atoms with Crippen LogP contribution < -0.4 is 4.72 Å². The number of anilines is 1. The van der Waals surface area contributed by atoms with Crippen molar-refractivity contribution in [1.82, 2.24) is 0 Å². The first kappa shape index (κ1) is 12.2. The minimum absolute atomic E-state index is 0.273. The van der Waals surface area contributed by atoms with E-state index in [1.165, 1.54) is 0 Å². The molecule has 0 aliphatic rings. The standard InChI is InChI=1S/C11H11N2O2PS/c12-11(16)10-8-4-2-1-3-7(8)5-6-9(10)13-17(14)15/h1-6,12-13H,16H2,(H,14,15). The summed E-state index contributed by atoms with van der Waals surface area (Å²) >= 11 is -2.14. The van der Waals surface area contributed by atoms with Crippen LogP contribution in [0.2, 0.25) is 0 Å². The average Bonchev–Trinajstić information content (AvgIpc) is 2.27. The van der Waals surface area contributed by atoms with E-state index >= 15 is 0 Å². The number of hydrogen-bond donors (Lipinski definition) is 3. The van der Waals surface area contributed by atoms with Crippen molar-refractivity contribution in [3.8, 4) is 0 Å². The van der Waals surface area contributed by atoms with Crippen molar-refractivity contribution in [2.24, 2.45) is 0 Å². The Morgan fingerprint density at radius 1 is 1.29 bits per heavy atom. The van der Waals surface area contributed by atoms with Crippen LogP contribution in [0.4, 0.5) is 5.69 Å². The Morgan fingerprint density at radius 2 is 2.00 bits per heavy atom. The summed E-state index contributed by atoms with van der Waals surface area (Å²) < 4.78 is 22.1. The molecule has 0 aliphatic carbocycles. The van der Waals surface area contributed by atoms with Crippen molar-refractivity contribution in [2.75, 3.05) is 4.72 Å². The van der Waals surface area contributed by atoms with Crippen LogP contribution >= 0.6 is 9.24 Å². The molecule has 0 saturated carbocycles. The molecule has 0 bridgehead atoms. The first-order chi connectivity index (χ1) is 8.09. The maximum absolute atomic E-state index is 10.8. The fraction of sp³-hybridized carbons (Fsp3) is 0. The number of rotatable bonds is 3. The van der Waals surface area contributed by atoms with E-state index in [0.717, 1.165) is 10.8 Å². The third kappa shape index (κ3) is 2.52. The third-order valence-electron chi connectivity index (χ3n) is 2.40. The van der Waals surface area contributed by atoms with Crippen LogP contribution in [0.1, 0.15) is 5.56 Å². The Balaban J connectivity index is 2.72. The summed E-state index contributed by atoms with van der Waals surface area (Å²) in [5, 5.41) is 9.61. The smallest absolute Gasteiger partial charge is 0.259 e. The second-order valence-electron chi connectivity index (χ2n) is 3.47. The molecule has 2 aromatic rings. The summed E-state index contributed by atoms with van der Waals surface area (Å²) in [6.45, 7) is 0. The van der Waals surface area contributed by atoms with Gasteiger partial charge in [0.2, 0.25) is 0 Å². The SMILES string of the molecule is N=C(P)c1c(NS(=O)O)ccc2ccccc12. The predicted molar refractivity (Wildman–Crippen MR) is 74.9 cm³/mol. The molecule has 2 atom stereocenters. The van der Waals surface area contributed by atoms with Crippen molar-refractivity contribution >= 4 is 42.4 Å². The van der Waals surface area contributed by atoms with Crippen molar-refractivity contribution in [3.63, 3.8) is 0 Å². The van der Waals surface area contributed by atoms with E-state index in [9.17, 15) is 4.21 Å². The van der Waals surface area contributed by atoms with Gasteiger partial charge in [0, 0.05) is 5.56 Å². The molecule has 0 amide bonds. The molecule has 0 fully saturated rings. The lowest BCUT2D eigenvalue weighted by Crippen LogP contribution is -2.06. The van der Waals surface area contributed by atoms with Gasteiger partial charge in [-0.3, -0.25) is 9.27 Å². The predicted octanol–water partition coefficient (Wildman–Crippen LogP) is 2.59. The highest BCUT2D eigenvalue weighted by Gasteiger charge is 2.10. The Kier molecular flexibility index (Phi) is 3.52. The number of benzene rings is 2. The average molecular weight is 266 g/mol. The van der Waals surface area contributed by atoms with Crippen molar-refractivity contribution in [2.45, 2.75) is 0 Å². The zero-order valence-electron chi connectivity index (χ0n) is 8.81. The third-order valence-corrected chi connectivity index (χ3v) is 3.08. The fourth-order valence-corrected chi connectivity index (χ4v) is 2.41. The Labute approximate surface area is 104 Å². The van der Waals surface area contributed by atoms with E-state index in [2.05, 4.69) is 14.0 Å². The zero-order chi connectivity index (χ0) is 12.4. The van der Waals surface area contributed by atoms with E-state index in [0.29, 0.717) is 11.3 Å². The van der Waals surface area contributed by atoms with Crippen molar-refractivity contribution in [3.05, 3.63) is 42.0 Å². The molecule has 2 unspecified atom stereocenters. The fourth-order valence-electron chi connectivity index (χ4n) is 1.74. The molecule has 0 radical (unpaired) electrons. The maximum atomic E-state index is 10.8. The monoisotopic (exact) mass is 266 g/mol. The van der Waals surface area contributed by atoms with Crippen LogP contribution in [-0.4, -0.2) is 14.2 Å². The summed E-state index contributed by atoms with van der Waals surface area (Å²) in [7, 11) is 2.30. The van der Waals surface area contributed by atoms with Crippen molar-refractivity contribution in [1.29, 1.82) is 5.41 Å². The van der Waals surface area contributed by atoms with Gasteiger partial charge in [-0.25, -0.2) is 4.21 Å². The summed E-state index contributed by atoms with van der Waals surface area (Å²) in [5.41, 5.74) is 1.37. The molecular formula is C11H11N2O2PS. The van der Waals surface area contributed by atoms with Crippen LogP contribution in [0, 0.1) is 5.41 Å². The van der Waals surface area contributed by atoms with Gasteiger partial charge in [-0.05, 0) is 16.8 Å². The van der Waals surface area contributed by atoms with Crippen LogP contribution in [0.3, 0.4) is 0 Å². The molecule has 2 rings (SSSR count). The second-order valence-corrected chi connectivity index (χ2v) is 4.75. The van der Waals surface area contributed by atoms with Gasteiger partial charge in [0.15, 0.2) is 0 Å². The molecule has 0 aliphatic heterocycles. The van der Waals surface area contributed by atoms with Gasteiger partial charge in [0.1, 0.15) is 0 Å². The van der Waals surface area contributed by atoms with Crippen LogP contribution in [0.15, 0.2) is 36.4 Å². The van der Waals surface area contributed by atoms with Gasteiger partial charge in [-0.15, -0.1) is 0 Å². The number of hydrogen-bond acceptors (Lipinski definition) is 2. The van der Waals surface area contributed by atoms with Gasteiger partial charge < -0.3 is 5.41 Å². The molecule has 0 saturated heterocycles. The quantitative estimate of drug-likeness (QED) is 0.454.